The molecule has 1 N–H and O–H groups in total. The SMILES string of the molecule is Cc1ccc(NCc2ccc3c(c2)OCCO3)c(Br)c1. The Labute approximate surface area is 127 Å². The van der Waals surface area contributed by atoms with Gasteiger partial charge in [0.15, 0.2) is 11.5 Å². The highest BCUT2D eigenvalue weighted by atomic mass is 79.9. The van der Waals surface area contributed by atoms with Crippen molar-refractivity contribution in [1.29, 1.82) is 0 Å². The molecule has 0 aliphatic carbocycles. The Morgan fingerprint density at radius 2 is 1.85 bits per heavy atom. The van der Waals surface area contributed by atoms with E-state index < -0.39 is 0 Å². The minimum Gasteiger partial charge on any atom is -0.486 e. The lowest BCUT2D eigenvalue weighted by Crippen LogP contribution is -2.15. The Morgan fingerprint density at radius 3 is 2.65 bits per heavy atom. The number of benzene rings is 2. The molecule has 0 unspecified atom stereocenters. The number of nitrogens with one attached hydrogen (secondary N) is 1. The summed E-state index contributed by atoms with van der Waals surface area (Å²) in [6.07, 6.45) is 0. The molecule has 1 aliphatic rings. The minimum absolute atomic E-state index is 0.618. The first-order valence-corrected chi connectivity index (χ1v) is 7.40. The molecular weight excluding hydrogens is 318 g/mol. The van der Waals surface area contributed by atoms with Gasteiger partial charge in [0.2, 0.25) is 0 Å². The lowest BCUT2D eigenvalue weighted by atomic mass is 10.2. The molecule has 3 nitrogen and oxygen atoms in total. The molecule has 0 fully saturated rings. The van der Waals surface area contributed by atoms with Gasteiger partial charge >= 0.3 is 0 Å². The third kappa shape index (κ3) is 2.90. The molecule has 3 rings (SSSR count). The summed E-state index contributed by atoms with van der Waals surface area (Å²) in [5.74, 6) is 1.66. The Hall–Kier alpha value is -1.68. The second-order valence-corrected chi connectivity index (χ2v) is 5.67. The van der Waals surface area contributed by atoms with E-state index in [-0.39, 0.29) is 0 Å². The fraction of sp³-hybridized carbons (Fsp3) is 0.250. The largest absolute Gasteiger partial charge is 0.486 e. The van der Waals surface area contributed by atoms with Crippen LogP contribution in [-0.4, -0.2) is 13.2 Å². The third-order valence-corrected chi connectivity index (χ3v) is 3.87. The first kappa shape index (κ1) is 13.3. The zero-order valence-corrected chi connectivity index (χ0v) is 12.9. The summed E-state index contributed by atoms with van der Waals surface area (Å²) < 4.78 is 12.2. The first-order valence-electron chi connectivity index (χ1n) is 6.61. The van der Waals surface area contributed by atoms with Gasteiger partial charge in [0, 0.05) is 16.7 Å². The average molecular weight is 334 g/mol. The van der Waals surface area contributed by atoms with Crippen molar-refractivity contribution in [3.63, 3.8) is 0 Å². The number of hydrogen-bond acceptors (Lipinski definition) is 3. The van der Waals surface area contributed by atoms with E-state index in [9.17, 15) is 0 Å². The Bertz CT molecular complexity index is 628. The molecule has 0 aromatic heterocycles. The molecule has 1 heterocycles. The summed E-state index contributed by atoms with van der Waals surface area (Å²) in [7, 11) is 0. The molecule has 0 spiro atoms. The zero-order chi connectivity index (χ0) is 13.9. The molecule has 1 aliphatic heterocycles. The summed E-state index contributed by atoms with van der Waals surface area (Å²) in [4.78, 5) is 0. The molecule has 0 saturated heterocycles. The van der Waals surface area contributed by atoms with Crippen LogP contribution >= 0.6 is 15.9 Å². The van der Waals surface area contributed by atoms with Crippen LogP contribution in [0.5, 0.6) is 11.5 Å². The quantitative estimate of drug-likeness (QED) is 0.915. The van der Waals surface area contributed by atoms with Gasteiger partial charge in [-0.05, 0) is 58.2 Å². The van der Waals surface area contributed by atoms with Crippen molar-refractivity contribution < 1.29 is 9.47 Å². The number of halogens is 1. The summed E-state index contributed by atoms with van der Waals surface area (Å²) in [6.45, 7) is 4.07. The van der Waals surface area contributed by atoms with Gasteiger partial charge < -0.3 is 14.8 Å². The molecule has 0 radical (unpaired) electrons. The molecule has 20 heavy (non-hydrogen) atoms. The average Bonchev–Trinajstić information content (AvgIpc) is 2.46. The van der Waals surface area contributed by atoms with Crippen LogP contribution in [0.1, 0.15) is 11.1 Å². The maximum atomic E-state index is 5.59. The Balaban J connectivity index is 1.72. The summed E-state index contributed by atoms with van der Waals surface area (Å²) >= 11 is 3.57. The maximum Gasteiger partial charge on any atom is 0.161 e. The number of rotatable bonds is 3. The highest BCUT2D eigenvalue weighted by molar-refractivity contribution is 9.10. The molecule has 0 bridgehead atoms. The number of ether oxygens (including phenoxy) is 2. The lowest BCUT2D eigenvalue weighted by Gasteiger charge is -2.19. The van der Waals surface area contributed by atoms with Crippen LogP contribution in [0, 0.1) is 6.92 Å². The van der Waals surface area contributed by atoms with E-state index in [4.69, 9.17) is 9.47 Å². The summed E-state index contributed by atoms with van der Waals surface area (Å²) in [5.41, 5.74) is 3.49. The number of aryl methyl sites for hydroxylation is 1. The molecule has 0 amide bonds. The van der Waals surface area contributed by atoms with Gasteiger partial charge in [-0.25, -0.2) is 0 Å². The van der Waals surface area contributed by atoms with E-state index in [1.807, 2.05) is 12.1 Å². The van der Waals surface area contributed by atoms with Crippen LogP contribution in [0.2, 0.25) is 0 Å². The van der Waals surface area contributed by atoms with E-state index in [0.717, 1.165) is 28.2 Å². The number of hydrogen-bond donors (Lipinski definition) is 1. The fourth-order valence-corrected chi connectivity index (χ4v) is 2.79. The molecule has 4 heteroatoms. The molecule has 2 aromatic rings. The van der Waals surface area contributed by atoms with Crippen molar-refractivity contribution in [3.05, 3.63) is 52.0 Å². The molecule has 0 atom stereocenters. The predicted molar refractivity (Wildman–Crippen MR) is 83.6 cm³/mol. The summed E-state index contributed by atoms with van der Waals surface area (Å²) in [6, 6.07) is 12.3. The standard InChI is InChI=1S/C16H16BrNO2/c1-11-2-4-14(13(17)8-11)18-10-12-3-5-15-16(9-12)20-7-6-19-15/h2-5,8-9,18H,6-7,10H2,1H3. The van der Waals surface area contributed by atoms with Gasteiger partial charge in [-0.1, -0.05) is 12.1 Å². The van der Waals surface area contributed by atoms with Gasteiger partial charge in [0.05, 0.1) is 0 Å². The van der Waals surface area contributed by atoms with Crippen LogP contribution in [0.4, 0.5) is 5.69 Å². The Morgan fingerprint density at radius 1 is 1.05 bits per heavy atom. The van der Waals surface area contributed by atoms with E-state index in [2.05, 4.69) is 52.4 Å². The third-order valence-electron chi connectivity index (χ3n) is 3.21. The lowest BCUT2D eigenvalue weighted by molar-refractivity contribution is 0.171. The van der Waals surface area contributed by atoms with Crippen molar-refractivity contribution in [2.24, 2.45) is 0 Å². The zero-order valence-electron chi connectivity index (χ0n) is 11.3. The predicted octanol–water partition coefficient (Wildman–Crippen LogP) is 4.14. The monoisotopic (exact) mass is 333 g/mol. The van der Waals surface area contributed by atoms with Crippen LogP contribution < -0.4 is 14.8 Å². The topological polar surface area (TPSA) is 30.5 Å². The maximum absolute atomic E-state index is 5.59. The highest BCUT2D eigenvalue weighted by Gasteiger charge is 2.11. The van der Waals surface area contributed by atoms with Crippen LogP contribution in [0.15, 0.2) is 40.9 Å². The molecule has 2 aromatic carbocycles. The van der Waals surface area contributed by atoms with Gasteiger partial charge in [-0.2, -0.15) is 0 Å². The second kappa shape index (κ2) is 5.75. The smallest absolute Gasteiger partial charge is 0.161 e. The minimum atomic E-state index is 0.618. The molecule has 104 valence electrons. The van der Waals surface area contributed by atoms with E-state index in [0.29, 0.717) is 13.2 Å². The van der Waals surface area contributed by atoms with E-state index in [1.165, 1.54) is 11.1 Å². The van der Waals surface area contributed by atoms with Crippen molar-refractivity contribution in [2.45, 2.75) is 13.5 Å². The van der Waals surface area contributed by atoms with E-state index in [1.54, 1.807) is 0 Å². The van der Waals surface area contributed by atoms with Crippen molar-refractivity contribution in [2.75, 3.05) is 18.5 Å². The highest BCUT2D eigenvalue weighted by Crippen LogP contribution is 2.31. The molecule has 0 saturated carbocycles. The Kier molecular flexibility index (Phi) is 3.83. The molecular formula is C16H16BrNO2. The van der Waals surface area contributed by atoms with Crippen molar-refractivity contribution in [1.82, 2.24) is 0 Å². The van der Waals surface area contributed by atoms with Gasteiger partial charge in [-0.15, -0.1) is 0 Å². The van der Waals surface area contributed by atoms with Crippen molar-refractivity contribution in [3.8, 4) is 11.5 Å². The fourth-order valence-electron chi connectivity index (χ4n) is 2.16. The normalized spacial score (nSPS) is 13.1. The van der Waals surface area contributed by atoms with Crippen LogP contribution in [0.3, 0.4) is 0 Å². The van der Waals surface area contributed by atoms with Crippen LogP contribution in [-0.2, 0) is 6.54 Å². The summed E-state index contributed by atoms with van der Waals surface area (Å²) in [5, 5.41) is 3.42. The van der Waals surface area contributed by atoms with Gasteiger partial charge in [0.1, 0.15) is 13.2 Å². The van der Waals surface area contributed by atoms with Gasteiger partial charge in [0.25, 0.3) is 0 Å². The van der Waals surface area contributed by atoms with Gasteiger partial charge in [-0.3, -0.25) is 0 Å². The first-order chi connectivity index (χ1) is 9.72. The second-order valence-electron chi connectivity index (χ2n) is 4.81. The van der Waals surface area contributed by atoms with E-state index >= 15 is 0 Å². The number of fused-ring (bicyclic) bond motifs is 1. The number of anilines is 1. The van der Waals surface area contributed by atoms with Crippen molar-refractivity contribution >= 4 is 21.6 Å². The van der Waals surface area contributed by atoms with Crippen LogP contribution in [0.25, 0.3) is 0 Å².